The van der Waals surface area contributed by atoms with Crippen LogP contribution in [0.15, 0.2) is 29.4 Å². The molecular weight excluding hydrogens is 238 g/mol. The number of hydrogen-bond donors (Lipinski definition) is 2. The summed E-state index contributed by atoms with van der Waals surface area (Å²) in [5.41, 5.74) is 7.56. The van der Waals surface area contributed by atoms with Crippen molar-refractivity contribution in [2.24, 2.45) is 10.9 Å². The monoisotopic (exact) mass is 261 g/mol. The summed E-state index contributed by atoms with van der Waals surface area (Å²) < 4.78 is 0. The van der Waals surface area contributed by atoms with Crippen LogP contribution in [-0.2, 0) is 0 Å². The molecule has 0 unspecified atom stereocenters. The van der Waals surface area contributed by atoms with Gasteiger partial charge in [0, 0.05) is 23.8 Å². The second-order valence-corrected chi connectivity index (χ2v) is 5.11. The van der Waals surface area contributed by atoms with Gasteiger partial charge in [0.25, 0.3) is 0 Å². The Morgan fingerprint density at radius 3 is 2.42 bits per heavy atom. The molecule has 0 saturated heterocycles. The third-order valence-corrected chi connectivity index (χ3v) is 3.96. The summed E-state index contributed by atoms with van der Waals surface area (Å²) in [6.45, 7) is 3.22. The smallest absolute Gasteiger partial charge is 0.170 e. The van der Waals surface area contributed by atoms with E-state index in [1.165, 1.54) is 37.8 Å². The second kappa shape index (κ2) is 6.45. The minimum Gasteiger partial charge on any atom is -0.409 e. The van der Waals surface area contributed by atoms with Crippen molar-refractivity contribution in [3.8, 4) is 0 Å². The first-order valence-corrected chi connectivity index (χ1v) is 7.11. The molecule has 1 aromatic carbocycles. The Morgan fingerprint density at radius 1 is 1.26 bits per heavy atom. The summed E-state index contributed by atoms with van der Waals surface area (Å²) in [6.07, 6.45) is 6.62. The number of hydrogen-bond acceptors (Lipinski definition) is 3. The van der Waals surface area contributed by atoms with Gasteiger partial charge in [-0.05, 0) is 44.0 Å². The maximum atomic E-state index is 8.67. The molecule has 2 rings (SSSR count). The number of rotatable bonds is 4. The Bertz CT molecular complexity index is 422. The van der Waals surface area contributed by atoms with Gasteiger partial charge in [0.1, 0.15) is 0 Å². The van der Waals surface area contributed by atoms with Crippen molar-refractivity contribution in [1.29, 1.82) is 0 Å². The van der Waals surface area contributed by atoms with Crippen molar-refractivity contribution >= 4 is 11.5 Å². The van der Waals surface area contributed by atoms with Crippen molar-refractivity contribution < 1.29 is 5.21 Å². The summed E-state index contributed by atoms with van der Waals surface area (Å²) in [5.74, 6) is 0.160. The van der Waals surface area contributed by atoms with Crippen LogP contribution >= 0.6 is 0 Å². The maximum absolute atomic E-state index is 8.67. The molecule has 0 spiro atoms. The van der Waals surface area contributed by atoms with E-state index in [9.17, 15) is 0 Å². The standard InChI is InChI=1S/C15H23N3O/c1-2-18(13-6-4-3-5-7-13)14-10-8-12(9-11-14)15(16)17-19/h8-11,13,19H,2-7H2,1H3,(H2,16,17). The number of anilines is 1. The van der Waals surface area contributed by atoms with Gasteiger partial charge in [-0.1, -0.05) is 24.4 Å². The molecule has 1 fully saturated rings. The van der Waals surface area contributed by atoms with Gasteiger partial charge in [-0.3, -0.25) is 0 Å². The van der Waals surface area contributed by atoms with E-state index in [1.807, 2.05) is 12.1 Å². The molecule has 0 radical (unpaired) electrons. The van der Waals surface area contributed by atoms with Crippen LogP contribution in [0.4, 0.5) is 5.69 Å². The minimum absolute atomic E-state index is 0.160. The normalized spacial score (nSPS) is 17.4. The second-order valence-electron chi connectivity index (χ2n) is 5.11. The average Bonchev–Trinajstić information content (AvgIpc) is 2.49. The lowest BCUT2D eigenvalue weighted by molar-refractivity contribution is 0.318. The first kappa shape index (κ1) is 13.7. The van der Waals surface area contributed by atoms with Crippen LogP contribution in [-0.4, -0.2) is 23.6 Å². The lowest BCUT2D eigenvalue weighted by atomic mass is 9.93. The van der Waals surface area contributed by atoms with Gasteiger partial charge in [-0.2, -0.15) is 0 Å². The van der Waals surface area contributed by atoms with Gasteiger partial charge in [0.2, 0.25) is 0 Å². The van der Waals surface area contributed by atoms with Crippen LogP contribution in [0.25, 0.3) is 0 Å². The van der Waals surface area contributed by atoms with Crippen molar-refractivity contribution in [1.82, 2.24) is 0 Å². The molecule has 0 aromatic heterocycles. The largest absolute Gasteiger partial charge is 0.409 e. The molecule has 104 valence electrons. The van der Waals surface area contributed by atoms with Crippen LogP contribution < -0.4 is 10.6 Å². The van der Waals surface area contributed by atoms with E-state index in [4.69, 9.17) is 10.9 Å². The maximum Gasteiger partial charge on any atom is 0.170 e. The molecule has 0 aliphatic heterocycles. The Balaban J connectivity index is 2.14. The Morgan fingerprint density at radius 2 is 1.89 bits per heavy atom. The number of benzene rings is 1. The predicted octanol–water partition coefficient (Wildman–Crippen LogP) is 2.94. The Kier molecular flexibility index (Phi) is 4.66. The molecule has 1 aliphatic carbocycles. The molecule has 1 aliphatic rings. The fraction of sp³-hybridized carbons (Fsp3) is 0.533. The van der Waals surface area contributed by atoms with Crippen LogP contribution in [0.1, 0.15) is 44.6 Å². The van der Waals surface area contributed by atoms with E-state index in [1.54, 1.807) is 0 Å². The number of nitrogens with zero attached hydrogens (tertiary/aromatic N) is 2. The highest BCUT2D eigenvalue weighted by Gasteiger charge is 2.20. The third kappa shape index (κ3) is 3.19. The first-order valence-electron chi connectivity index (χ1n) is 7.11. The summed E-state index contributed by atoms with van der Waals surface area (Å²) in [7, 11) is 0. The number of nitrogens with two attached hydrogens (primary N) is 1. The lowest BCUT2D eigenvalue weighted by Gasteiger charge is -2.35. The Hall–Kier alpha value is -1.71. The molecular formula is C15H23N3O. The molecule has 4 nitrogen and oxygen atoms in total. The van der Waals surface area contributed by atoms with Gasteiger partial charge in [0.05, 0.1) is 0 Å². The summed E-state index contributed by atoms with van der Waals surface area (Å²) in [5, 5.41) is 11.7. The van der Waals surface area contributed by atoms with E-state index in [-0.39, 0.29) is 5.84 Å². The highest BCUT2D eigenvalue weighted by Crippen LogP contribution is 2.27. The quantitative estimate of drug-likeness (QED) is 0.379. The van der Waals surface area contributed by atoms with Gasteiger partial charge in [0.15, 0.2) is 5.84 Å². The SMILES string of the molecule is CCN(c1ccc(/C(N)=N/O)cc1)C1CCCCC1. The van der Waals surface area contributed by atoms with Crippen molar-refractivity contribution in [2.45, 2.75) is 45.1 Å². The van der Waals surface area contributed by atoms with Crippen LogP contribution in [0, 0.1) is 0 Å². The fourth-order valence-corrected chi connectivity index (χ4v) is 2.93. The van der Waals surface area contributed by atoms with Crippen molar-refractivity contribution in [3.05, 3.63) is 29.8 Å². The highest BCUT2D eigenvalue weighted by atomic mass is 16.4. The fourth-order valence-electron chi connectivity index (χ4n) is 2.93. The van der Waals surface area contributed by atoms with E-state index >= 15 is 0 Å². The van der Waals surface area contributed by atoms with Gasteiger partial charge < -0.3 is 15.8 Å². The lowest BCUT2D eigenvalue weighted by Crippen LogP contribution is -2.36. The number of oxime groups is 1. The number of amidine groups is 1. The molecule has 19 heavy (non-hydrogen) atoms. The van der Waals surface area contributed by atoms with E-state index < -0.39 is 0 Å². The van der Waals surface area contributed by atoms with Crippen LogP contribution in [0.5, 0.6) is 0 Å². The van der Waals surface area contributed by atoms with E-state index in [0.29, 0.717) is 6.04 Å². The summed E-state index contributed by atoms with van der Waals surface area (Å²) >= 11 is 0. The minimum atomic E-state index is 0.160. The zero-order valence-corrected chi connectivity index (χ0v) is 11.5. The molecule has 0 amide bonds. The van der Waals surface area contributed by atoms with Crippen molar-refractivity contribution in [3.63, 3.8) is 0 Å². The van der Waals surface area contributed by atoms with Gasteiger partial charge in [-0.15, -0.1) is 0 Å². The van der Waals surface area contributed by atoms with Crippen LogP contribution in [0.3, 0.4) is 0 Å². The zero-order valence-electron chi connectivity index (χ0n) is 11.5. The summed E-state index contributed by atoms with van der Waals surface area (Å²) in [4.78, 5) is 2.47. The average molecular weight is 261 g/mol. The third-order valence-electron chi connectivity index (χ3n) is 3.96. The van der Waals surface area contributed by atoms with Gasteiger partial charge >= 0.3 is 0 Å². The summed E-state index contributed by atoms with van der Waals surface area (Å²) in [6, 6.07) is 8.61. The Labute approximate surface area is 114 Å². The van der Waals surface area contributed by atoms with Gasteiger partial charge in [-0.25, -0.2) is 0 Å². The zero-order chi connectivity index (χ0) is 13.7. The molecule has 0 heterocycles. The van der Waals surface area contributed by atoms with E-state index in [0.717, 1.165) is 12.1 Å². The first-order chi connectivity index (χ1) is 9.26. The molecule has 3 N–H and O–H groups in total. The highest BCUT2D eigenvalue weighted by molar-refractivity contribution is 5.97. The molecule has 1 saturated carbocycles. The van der Waals surface area contributed by atoms with Crippen molar-refractivity contribution in [2.75, 3.05) is 11.4 Å². The topological polar surface area (TPSA) is 61.8 Å². The van der Waals surface area contributed by atoms with Crippen LogP contribution in [0.2, 0.25) is 0 Å². The molecule has 4 heteroatoms. The molecule has 1 aromatic rings. The molecule has 0 atom stereocenters. The predicted molar refractivity (Wildman–Crippen MR) is 78.8 cm³/mol. The molecule has 0 bridgehead atoms. The van der Waals surface area contributed by atoms with E-state index in [2.05, 4.69) is 29.1 Å².